The highest BCUT2D eigenvalue weighted by molar-refractivity contribution is 5.90. The van der Waals surface area contributed by atoms with Crippen LogP contribution in [0.5, 0.6) is 0 Å². The molecule has 0 N–H and O–H groups in total. The zero-order valence-electron chi connectivity index (χ0n) is 25.6. The van der Waals surface area contributed by atoms with Gasteiger partial charge in [-0.1, -0.05) is 84.9 Å². The van der Waals surface area contributed by atoms with E-state index in [2.05, 4.69) is 131 Å². The Morgan fingerprint density at radius 3 is 1.24 bits per heavy atom. The zero-order valence-corrected chi connectivity index (χ0v) is 25.6. The first-order chi connectivity index (χ1) is 22.6. The largest absolute Gasteiger partial charge is 0.261 e. The Labute approximate surface area is 268 Å². The highest BCUT2D eigenvalue weighted by Gasteiger charge is 2.15. The van der Waals surface area contributed by atoms with Crippen LogP contribution in [0.15, 0.2) is 146 Å². The molecular formula is C42H30N4. The zero-order chi connectivity index (χ0) is 31.0. The molecule has 8 aromatic rings. The minimum Gasteiger partial charge on any atom is -0.261 e. The maximum absolute atomic E-state index is 5.22. The monoisotopic (exact) mass is 590 g/mol. The molecule has 0 spiro atoms. The molecule has 3 aromatic heterocycles. The molecule has 0 aliphatic heterocycles. The summed E-state index contributed by atoms with van der Waals surface area (Å²) in [4.78, 5) is 19.6. The van der Waals surface area contributed by atoms with Gasteiger partial charge in [0, 0.05) is 51.6 Å². The van der Waals surface area contributed by atoms with E-state index in [1.807, 2.05) is 38.4 Å². The topological polar surface area (TPSA) is 51.6 Å². The molecule has 0 bridgehead atoms. The minimum absolute atomic E-state index is 0.664. The molecule has 0 saturated carbocycles. The van der Waals surface area contributed by atoms with Crippen molar-refractivity contribution in [2.75, 3.05) is 0 Å². The molecular weight excluding hydrogens is 560 g/mol. The quantitative estimate of drug-likeness (QED) is 0.200. The van der Waals surface area contributed by atoms with Gasteiger partial charge in [-0.25, -0.2) is 9.97 Å². The van der Waals surface area contributed by atoms with Crippen LogP contribution in [0.1, 0.15) is 11.4 Å². The van der Waals surface area contributed by atoms with Crippen molar-refractivity contribution in [3.05, 3.63) is 157 Å². The number of nitrogens with zero attached hydrogens (tertiary/aromatic N) is 4. The van der Waals surface area contributed by atoms with Crippen LogP contribution in [0.2, 0.25) is 0 Å². The van der Waals surface area contributed by atoms with E-state index in [0.29, 0.717) is 5.82 Å². The van der Waals surface area contributed by atoms with E-state index in [1.165, 1.54) is 21.5 Å². The van der Waals surface area contributed by atoms with Gasteiger partial charge in [-0.3, -0.25) is 9.97 Å². The average Bonchev–Trinajstić information content (AvgIpc) is 3.11. The Morgan fingerprint density at radius 2 is 0.783 bits per heavy atom. The molecule has 0 atom stereocenters. The second-order valence-electron chi connectivity index (χ2n) is 11.8. The van der Waals surface area contributed by atoms with Gasteiger partial charge in [-0.2, -0.15) is 0 Å². The van der Waals surface area contributed by atoms with E-state index < -0.39 is 0 Å². The van der Waals surface area contributed by atoms with E-state index in [0.717, 1.165) is 61.7 Å². The molecule has 0 fully saturated rings. The predicted octanol–water partition coefficient (Wildman–Crippen LogP) is 10.5. The van der Waals surface area contributed by atoms with Crippen molar-refractivity contribution in [3.63, 3.8) is 0 Å². The van der Waals surface area contributed by atoms with Crippen LogP contribution in [0.4, 0.5) is 0 Å². The van der Waals surface area contributed by atoms with E-state index >= 15 is 0 Å². The molecule has 0 amide bonds. The van der Waals surface area contributed by atoms with Gasteiger partial charge < -0.3 is 0 Å². The SMILES string of the molecule is Cc1ccc(-c2cc(-c3ccc(C)nc3)cc(-c3nc(-c4ccc5ccccc5c4)cc(-c4ccc5ccccc5c4)n3)c2)cn1. The Hall–Kier alpha value is -6.00. The van der Waals surface area contributed by atoms with Crippen molar-refractivity contribution in [2.45, 2.75) is 13.8 Å². The fraction of sp³-hybridized carbons (Fsp3) is 0.0476. The van der Waals surface area contributed by atoms with Crippen molar-refractivity contribution in [1.29, 1.82) is 0 Å². The molecule has 4 nitrogen and oxygen atoms in total. The molecule has 218 valence electrons. The van der Waals surface area contributed by atoms with Gasteiger partial charge in [0.15, 0.2) is 5.82 Å². The highest BCUT2D eigenvalue weighted by Crippen LogP contribution is 2.35. The summed E-state index contributed by atoms with van der Waals surface area (Å²) in [7, 11) is 0. The third-order valence-electron chi connectivity index (χ3n) is 8.50. The molecule has 0 unspecified atom stereocenters. The number of aromatic nitrogens is 4. The fourth-order valence-corrected chi connectivity index (χ4v) is 5.94. The van der Waals surface area contributed by atoms with Gasteiger partial charge >= 0.3 is 0 Å². The van der Waals surface area contributed by atoms with Crippen molar-refractivity contribution < 1.29 is 0 Å². The first-order valence-corrected chi connectivity index (χ1v) is 15.4. The van der Waals surface area contributed by atoms with E-state index in [4.69, 9.17) is 9.97 Å². The summed E-state index contributed by atoms with van der Waals surface area (Å²) in [5.74, 6) is 0.664. The number of hydrogen-bond donors (Lipinski definition) is 0. The number of hydrogen-bond acceptors (Lipinski definition) is 4. The molecule has 0 radical (unpaired) electrons. The van der Waals surface area contributed by atoms with Crippen molar-refractivity contribution in [2.24, 2.45) is 0 Å². The molecule has 46 heavy (non-hydrogen) atoms. The van der Waals surface area contributed by atoms with Crippen molar-refractivity contribution >= 4 is 21.5 Å². The summed E-state index contributed by atoms with van der Waals surface area (Å²) in [6.07, 6.45) is 3.86. The lowest BCUT2D eigenvalue weighted by atomic mass is 9.96. The lowest BCUT2D eigenvalue weighted by Gasteiger charge is -2.13. The molecule has 0 aliphatic rings. The lowest BCUT2D eigenvalue weighted by Crippen LogP contribution is -1.97. The van der Waals surface area contributed by atoms with Gasteiger partial charge in [-0.05, 0) is 95.1 Å². The molecule has 0 saturated heterocycles. The Balaban J connectivity index is 1.36. The standard InChI is InChI=1S/C42H30N4/c1-27-11-13-35(25-43-27)37-21-38(36-14-12-28(2)44-26-36)23-39(22-37)42-45-40(33-17-15-29-7-3-5-9-31(29)19-33)24-41(46-42)34-18-16-30-8-4-6-10-32(30)20-34/h3-26H,1-2H3. The van der Waals surface area contributed by atoms with Crippen LogP contribution < -0.4 is 0 Å². The van der Waals surface area contributed by atoms with Crippen molar-refractivity contribution in [1.82, 2.24) is 19.9 Å². The molecule has 8 rings (SSSR count). The van der Waals surface area contributed by atoms with Gasteiger partial charge in [0.2, 0.25) is 0 Å². The summed E-state index contributed by atoms with van der Waals surface area (Å²) < 4.78 is 0. The number of benzene rings is 5. The normalized spacial score (nSPS) is 11.3. The number of pyridine rings is 2. The lowest BCUT2D eigenvalue weighted by molar-refractivity contribution is 1.18. The first-order valence-electron chi connectivity index (χ1n) is 15.4. The van der Waals surface area contributed by atoms with Crippen LogP contribution in [0.25, 0.3) is 77.7 Å². The molecule has 3 heterocycles. The van der Waals surface area contributed by atoms with Crippen LogP contribution in [-0.4, -0.2) is 19.9 Å². The van der Waals surface area contributed by atoms with E-state index in [9.17, 15) is 0 Å². The first kappa shape index (κ1) is 27.5. The molecule has 4 heteroatoms. The van der Waals surface area contributed by atoms with Gasteiger partial charge in [0.1, 0.15) is 0 Å². The summed E-state index contributed by atoms with van der Waals surface area (Å²) in [5.41, 5.74) is 10.9. The van der Waals surface area contributed by atoms with Crippen molar-refractivity contribution in [3.8, 4) is 56.2 Å². The van der Waals surface area contributed by atoms with Crippen LogP contribution in [0, 0.1) is 13.8 Å². The van der Waals surface area contributed by atoms with Crippen LogP contribution in [0.3, 0.4) is 0 Å². The van der Waals surface area contributed by atoms with Crippen LogP contribution >= 0.6 is 0 Å². The smallest absolute Gasteiger partial charge is 0.160 e. The Bertz CT molecular complexity index is 2210. The van der Waals surface area contributed by atoms with E-state index in [-0.39, 0.29) is 0 Å². The molecule has 5 aromatic carbocycles. The number of rotatable bonds is 5. The van der Waals surface area contributed by atoms with E-state index in [1.54, 1.807) is 0 Å². The van der Waals surface area contributed by atoms with Crippen LogP contribution in [-0.2, 0) is 0 Å². The predicted molar refractivity (Wildman–Crippen MR) is 189 cm³/mol. The average molecular weight is 591 g/mol. The maximum Gasteiger partial charge on any atom is 0.160 e. The fourth-order valence-electron chi connectivity index (χ4n) is 5.94. The molecule has 0 aliphatic carbocycles. The summed E-state index contributed by atoms with van der Waals surface area (Å²) in [5, 5.41) is 4.75. The summed E-state index contributed by atoms with van der Waals surface area (Å²) in [6.45, 7) is 4.01. The summed E-state index contributed by atoms with van der Waals surface area (Å²) >= 11 is 0. The second kappa shape index (κ2) is 11.5. The van der Waals surface area contributed by atoms with Gasteiger partial charge in [0.25, 0.3) is 0 Å². The Kier molecular flexibility index (Phi) is 6.88. The number of fused-ring (bicyclic) bond motifs is 2. The van der Waals surface area contributed by atoms with Gasteiger partial charge in [-0.15, -0.1) is 0 Å². The second-order valence-corrected chi connectivity index (χ2v) is 11.8. The minimum atomic E-state index is 0.664. The Morgan fingerprint density at radius 1 is 0.348 bits per heavy atom. The summed E-state index contributed by atoms with van der Waals surface area (Å²) in [6, 6.07) is 46.9. The van der Waals surface area contributed by atoms with Gasteiger partial charge in [0.05, 0.1) is 11.4 Å². The maximum atomic E-state index is 5.22. The third-order valence-corrected chi connectivity index (χ3v) is 8.50. The number of aryl methyl sites for hydroxylation is 2. The third kappa shape index (κ3) is 5.42. The highest BCUT2D eigenvalue weighted by atomic mass is 14.9.